The number of aromatic nitrogens is 3. The van der Waals surface area contributed by atoms with Crippen molar-refractivity contribution in [2.24, 2.45) is 0 Å². The molecule has 116 valence electrons. The van der Waals surface area contributed by atoms with Gasteiger partial charge in [-0.25, -0.2) is 9.97 Å². The molecule has 7 heteroatoms. The van der Waals surface area contributed by atoms with Gasteiger partial charge in [0, 0.05) is 17.0 Å². The van der Waals surface area contributed by atoms with E-state index in [1.165, 1.54) is 22.4 Å². The number of halogens is 1. The van der Waals surface area contributed by atoms with Crippen molar-refractivity contribution in [3.8, 4) is 5.69 Å². The van der Waals surface area contributed by atoms with Crippen LogP contribution in [0.25, 0.3) is 16.7 Å². The third-order valence-electron chi connectivity index (χ3n) is 3.46. The van der Waals surface area contributed by atoms with E-state index in [0.29, 0.717) is 22.1 Å². The van der Waals surface area contributed by atoms with Crippen LogP contribution in [-0.2, 0) is 0 Å². The molecule has 0 N–H and O–H groups in total. The lowest BCUT2D eigenvalue weighted by Gasteiger charge is -2.11. The Morgan fingerprint density at radius 3 is 2.43 bits per heavy atom. The van der Waals surface area contributed by atoms with Crippen molar-refractivity contribution < 1.29 is 4.79 Å². The zero-order valence-corrected chi connectivity index (χ0v) is 14.0. The zero-order valence-electron chi connectivity index (χ0n) is 12.4. The fourth-order valence-corrected chi connectivity index (χ4v) is 2.85. The molecule has 0 atom stereocenters. The Labute approximate surface area is 141 Å². The molecule has 5 nitrogen and oxygen atoms in total. The van der Waals surface area contributed by atoms with Gasteiger partial charge in [0.05, 0.1) is 11.4 Å². The van der Waals surface area contributed by atoms with Crippen LogP contribution in [0, 0.1) is 6.92 Å². The molecule has 0 radical (unpaired) electrons. The lowest BCUT2D eigenvalue weighted by Crippen LogP contribution is -2.19. The first-order chi connectivity index (χ1) is 11.0. The van der Waals surface area contributed by atoms with Gasteiger partial charge in [-0.2, -0.15) is 0 Å². The molecule has 2 aromatic heterocycles. The first-order valence-electron chi connectivity index (χ1n) is 6.76. The van der Waals surface area contributed by atoms with Gasteiger partial charge >= 0.3 is 0 Å². The highest BCUT2D eigenvalue weighted by molar-refractivity contribution is 7.98. The normalized spacial score (nSPS) is 10.9. The molecule has 0 fully saturated rings. The number of carbonyl (C=O) groups excluding carboxylic acids is 1. The van der Waals surface area contributed by atoms with Crippen molar-refractivity contribution in [2.75, 3.05) is 6.26 Å². The van der Waals surface area contributed by atoms with Crippen molar-refractivity contribution in [3.63, 3.8) is 0 Å². The minimum atomic E-state index is -0.537. The number of carbonyl (C=O) groups is 1. The Balaban J connectivity index is 2.31. The maximum atomic E-state index is 12.4. The second kappa shape index (κ2) is 6.14. The van der Waals surface area contributed by atoms with Gasteiger partial charge in [-0.1, -0.05) is 11.8 Å². The fraction of sp³-hybridized carbons (Fsp3) is 0.125. The third kappa shape index (κ3) is 2.87. The van der Waals surface area contributed by atoms with E-state index in [-0.39, 0.29) is 5.56 Å². The summed E-state index contributed by atoms with van der Waals surface area (Å²) in [6, 6.07) is 9.72. The van der Waals surface area contributed by atoms with E-state index >= 15 is 0 Å². The van der Waals surface area contributed by atoms with E-state index in [2.05, 4.69) is 9.97 Å². The monoisotopic (exact) mass is 345 g/mol. The summed E-state index contributed by atoms with van der Waals surface area (Å²) in [4.78, 5) is 32.4. The number of hydrogen-bond donors (Lipinski definition) is 0. The van der Waals surface area contributed by atoms with Crippen LogP contribution in [0.5, 0.6) is 0 Å². The van der Waals surface area contributed by atoms with Crippen LogP contribution >= 0.6 is 23.4 Å². The highest BCUT2D eigenvalue weighted by Gasteiger charge is 2.12. The first-order valence-corrected chi connectivity index (χ1v) is 8.36. The van der Waals surface area contributed by atoms with Gasteiger partial charge in [0.1, 0.15) is 0 Å². The molecule has 0 saturated heterocycles. The second-order valence-corrected chi connectivity index (χ2v) is 5.98. The van der Waals surface area contributed by atoms with Crippen LogP contribution in [0.3, 0.4) is 0 Å². The van der Waals surface area contributed by atoms with Crippen molar-refractivity contribution >= 4 is 39.6 Å². The summed E-state index contributed by atoms with van der Waals surface area (Å²) < 4.78 is 1.51. The highest BCUT2D eigenvalue weighted by atomic mass is 35.5. The summed E-state index contributed by atoms with van der Waals surface area (Å²) in [6.45, 7) is 1.88. The molecule has 0 bridgehead atoms. The molecular weight excluding hydrogens is 334 g/mol. The molecule has 0 aliphatic heterocycles. The number of nitrogens with zero attached hydrogens (tertiary/aromatic N) is 3. The van der Waals surface area contributed by atoms with Gasteiger partial charge in [0.15, 0.2) is 10.8 Å². The molecule has 0 aliphatic rings. The van der Waals surface area contributed by atoms with Gasteiger partial charge in [0.25, 0.3) is 10.8 Å². The quantitative estimate of drug-likeness (QED) is 0.414. The summed E-state index contributed by atoms with van der Waals surface area (Å²) in [6.07, 6.45) is 1.88. The minimum Gasteiger partial charge on any atom is -0.276 e. The van der Waals surface area contributed by atoms with E-state index in [0.717, 1.165) is 11.1 Å². The Kier molecular flexibility index (Phi) is 4.19. The summed E-state index contributed by atoms with van der Waals surface area (Å²) in [5.41, 5.74) is 2.14. The van der Waals surface area contributed by atoms with Gasteiger partial charge in [0.2, 0.25) is 0 Å². The Hall–Kier alpha value is -2.18. The summed E-state index contributed by atoms with van der Waals surface area (Å²) >= 11 is 6.87. The molecule has 0 saturated carbocycles. The minimum absolute atomic E-state index is 0.201. The van der Waals surface area contributed by atoms with Gasteiger partial charge < -0.3 is 0 Å². The number of hydrogen-bond acceptors (Lipinski definition) is 5. The second-order valence-electron chi connectivity index (χ2n) is 4.86. The maximum absolute atomic E-state index is 12.4. The number of pyridine rings is 1. The van der Waals surface area contributed by atoms with E-state index in [1.54, 1.807) is 30.3 Å². The van der Waals surface area contributed by atoms with Crippen molar-refractivity contribution in [1.82, 2.24) is 14.5 Å². The summed E-state index contributed by atoms with van der Waals surface area (Å²) in [5.74, 6) is 0. The Morgan fingerprint density at radius 2 is 1.83 bits per heavy atom. The number of aryl methyl sites for hydroxylation is 1. The zero-order chi connectivity index (χ0) is 16.6. The molecule has 0 aliphatic carbocycles. The van der Waals surface area contributed by atoms with Crippen molar-refractivity contribution in [2.45, 2.75) is 12.1 Å². The topological polar surface area (TPSA) is 64.8 Å². The molecular formula is C16H12ClN3O2S. The smallest absolute Gasteiger partial charge is 0.256 e. The number of rotatable bonds is 3. The van der Waals surface area contributed by atoms with Crippen LogP contribution in [0.2, 0.25) is 0 Å². The van der Waals surface area contributed by atoms with Crippen molar-refractivity contribution in [3.05, 3.63) is 58.0 Å². The van der Waals surface area contributed by atoms with Crippen LogP contribution in [0.1, 0.15) is 16.1 Å². The van der Waals surface area contributed by atoms with Crippen LogP contribution in [0.15, 0.2) is 46.3 Å². The van der Waals surface area contributed by atoms with Crippen LogP contribution in [-0.4, -0.2) is 26.0 Å². The standard InChI is InChI=1S/C16H12ClN3O2S/c1-9-12-7-8-13(21)20(15(12)19-16(18-9)23-2)11-5-3-10(4-6-11)14(17)22/h3-8H,1-2H3. The molecule has 3 aromatic rings. The first kappa shape index (κ1) is 15.7. The Morgan fingerprint density at radius 1 is 1.13 bits per heavy atom. The number of fused-ring (bicyclic) bond motifs is 1. The average Bonchev–Trinajstić information content (AvgIpc) is 2.54. The molecule has 0 unspecified atom stereocenters. The molecule has 1 aromatic carbocycles. The van der Waals surface area contributed by atoms with Crippen LogP contribution < -0.4 is 5.56 Å². The van der Waals surface area contributed by atoms with E-state index in [9.17, 15) is 9.59 Å². The highest BCUT2D eigenvalue weighted by Crippen LogP contribution is 2.20. The number of thioether (sulfide) groups is 1. The lowest BCUT2D eigenvalue weighted by molar-refractivity contribution is 0.108. The molecule has 2 heterocycles. The Bertz CT molecular complexity index is 967. The maximum Gasteiger partial charge on any atom is 0.256 e. The van der Waals surface area contributed by atoms with Gasteiger partial charge in [-0.05, 0) is 55.1 Å². The van der Waals surface area contributed by atoms with E-state index < -0.39 is 5.24 Å². The fourth-order valence-electron chi connectivity index (χ4n) is 2.32. The average molecular weight is 346 g/mol. The SMILES string of the molecule is CSc1nc(C)c2ccc(=O)n(-c3ccc(C(=O)Cl)cc3)c2n1. The third-order valence-corrected chi connectivity index (χ3v) is 4.22. The molecule has 0 amide bonds. The lowest BCUT2D eigenvalue weighted by atomic mass is 10.2. The largest absolute Gasteiger partial charge is 0.276 e. The van der Waals surface area contributed by atoms with Gasteiger partial charge in [-0.15, -0.1) is 0 Å². The number of benzene rings is 1. The molecule has 23 heavy (non-hydrogen) atoms. The predicted octanol–water partition coefficient (Wildman–Crippen LogP) is 3.19. The predicted molar refractivity (Wildman–Crippen MR) is 91.8 cm³/mol. The van der Waals surface area contributed by atoms with Gasteiger partial charge in [-0.3, -0.25) is 14.2 Å². The summed E-state index contributed by atoms with van der Waals surface area (Å²) in [5, 5.41) is 0.867. The summed E-state index contributed by atoms with van der Waals surface area (Å²) in [7, 11) is 0. The molecule has 3 rings (SSSR count). The van der Waals surface area contributed by atoms with E-state index in [1.807, 2.05) is 13.2 Å². The van der Waals surface area contributed by atoms with Crippen LogP contribution in [0.4, 0.5) is 0 Å². The molecule has 0 spiro atoms. The van der Waals surface area contributed by atoms with E-state index in [4.69, 9.17) is 11.6 Å². The van der Waals surface area contributed by atoms with Crippen molar-refractivity contribution in [1.29, 1.82) is 0 Å².